The lowest BCUT2D eigenvalue weighted by Crippen LogP contribution is -2.53. The van der Waals surface area contributed by atoms with Gasteiger partial charge < -0.3 is 9.84 Å². The predicted molar refractivity (Wildman–Crippen MR) is 94.5 cm³/mol. The van der Waals surface area contributed by atoms with Crippen LogP contribution in [0.15, 0.2) is 42.5 Å². The second kappa shape index (κ2) is 5.77. The molecule has 26 heavy (non-hydrogen) atoms. The Morgan fingerprint density at radius 1 is 1.35 bits per heavy atom. The molecule has 132 valence electrons. The lowest BCUT2D eigenvalue weighted by atomic mass is 9.97. The average molecular weight is 372 g/mol. The van der Waals surface area contributed by atoms with Crippen LogP contribution in [-0.4, -0.2) is 27.6 Å². The zero-order chi connectivity index (χ0) is 18.5. The van der Waals surface area contributed by atoms with E-state index in [0.29, 0.717) is 22.1 Å². The number of carboxylic acids is 1. The molecule has 0 bridgehead atoms. The minimum Gasteiger partial charge on any atom is -0.481 e. The van der Waals surface area contributed by atoms with Gasteiger partial charge in [0.25, 0.3) is 5.91 Å². The summed E-state index contributed by atoms with van der Waals surface area (Å²) in [5.41, 5.74) is -0.662. The summed E-state index contributed by atoms with van der Waals surface area (Å²) in [6.45, 7) is 1.44. The van der Waals surface area contributed by atoms with Crippen molar-refractivity contribution in [1.82, 2.24) is 4.98 Å². The summed E-state index contributed by atoms with van der Waals surface area (Å²) >= 11 is 1.22. The SMILES string of the molecule is CC1(CC(=O)O)Oc2ccccc2N(c2nc3cc(F)ccc3s2)C1=O. The number of rotatable bonds is 3. The van der Waals surface area contributed by atoms with E-state index in [1.807, 2.05) is 0 Å². The lowest BCUT2D eigenvalue weighted by molar-refractivity contribution is -0.148. The van der Waals surface area contributed by atoms with Crippen LogP contribution in [0.1, 0.15) is 13.3 Å². The molecule has 3 aromatic rings. The van der Waals surface area contributed by atoms with Gasteiger partial charge in [-0.1, -0.05) is 23.5 Å². The number of carboxylic acid groups (broad SMARTS) is 1. The number of benzene rings is 2. The van der Waals surface area contributed by atoms with Gasteiger partial charge in [0, 0.05) is 6.07 Å². The molecule has 8 heteroatoms. The molecule has 0 saturated heterocycles. The van der Waals surface area contributed by atoms with Crippen LogP contribution in [0, 0.1) is 5.82 Å². The van der Waals surface area contributed by atoms with Crippen LogP contribution in [0.2, 0.25) is 0 Å². The van der Waals surface area contributed by atoms with E-state index in [-0.39, 0.29) is 0 Å². The molecule has 0 saturated carbocycles. The maximum atomic E-state index is 13.5. The summed E-state index contributed by atoms with van der Waals surface area (Å²) in [5, 5.41) is 9.53. The van der Waals surface area contributed by atoms with E-state index in [1.54, 1.807) is 30.3 Å². The van der Waals surface area contributed by atoms with Crippen molar-refractivity contribution in [2.45, 2.75) is 18.9 Å². The number of para-hydroxylation sites is 2. The molecule has 1 aromatic heterocycles. The van der Waals surface area contributed by atoms with Crippen molar-refractivity contribution >= 4 is 44.2 Å². The maximum absolute atomic E-state index is 13.5. The minimum atomic E-state index is -1.57. The van der Waals surface area contributed by atoms with E-state index >= 15 is 0 Å². The summed E-state index contributed by atoms with van der Waals surface area (Å²) in [7, 11) is 0. The molecule has 2 aromatic carbocycles. The average Bonchev–Trinajstić information content (AvgIpc) is 2.97. The Bertz CT molecular complexity index is 1050. The number of carbonyl (C=O) groups is 2. The van der Waals surface area contributed by atoms with E-state index in [0.717, 1.165) is 4.70 Å². The van der Waals surface area contributed by atoms with Gasteiger partial charge in [0.2, 0.25) is 0 Å². The molecule has 1 amide bonds. The van der Waals surface area contributed by atoms with Crippen LogP contribution >= 0.6 is 11.3 Å². The van der Waals surface area contributed by atoms with Crippen molar-refractivity contribution in [2.75, 3.05) is 4.90 Å². The normalized spacial score (nSPS) is 19.3. The number of hydrogen-bond donors (Lipinski definition) is 1. The van der Waals surface area contributed by atoms with Gasteiger partial charge in [-0.15, -0.1) is 0 Å². The van der Waals surface area contributed by atoms with Gasteiger partial charge in [0.15, 0.2) is 10.7 Å². The molecule has 1 N–H and O–H groups in total. The Balaban J connectivity index is 1.89. The zero-order valence-electron chi connectivity index (χ0n) is 13.6. The number of thiazole rings is 1. The number of nitrogens with zero attached hydrogens (tertiary/aromatic N) is 2. The second-order valence-electron chi connectivity index (χ2n) is 6.12. The second-order valence-corrected chi connectivity index (χ2v) is 7.13. The number of ether oxygens (including phenoxy) is 1. The Morgan fingerprint density at radius 3 is 2.88 bits per heavy atom. The van der Waals surface area contributed by atoms with E-state index in [1.165, 1.54) is 35.3 Å². The Kier molecular flexibility index (Phi) is 3.66. The number of carbonyl (C=O) groups excluding carboxylic acids is 1. The van der Waals surface area contributed by atoms with Crippen LogP contribution in [0.5, 0.6) is 5.75 Å². The number of hydrogen-bond acceptors (Lipinski definition) is 5. The fourth-order valence-electron chi connectivity index (χ4n) is 2.93. The summed E-state index contributed by atoms with van der Waals surface area (Å²) < 4.78 is 19.9. The molecule has 1 atom stereocenters. The number of amides is 1. The van der Waals surface area contributed by atoms with E-state index < -0.39 is 29.7 Å². The van der Waals surface area contributed by atoms with E-state index in [2.05, 4.69) is 4.98 Å². The molecular weight excluding hydrogens is 359 g/mol. The Morgan fingerprint density at radius 2 is 2.12 bits per heavy atom. The van der Waals surface area contributed by atoms with Crippen LogP contribution in [0.4, 0.5) is 15.2 Å². The van der Waals surface area contributed by atoms with Crippen molar-refractivity contribution < 1.29 is 23.8 Å². The molecule has 0 fully saturated rings. The monoisotopic (exact) mass is 372 g/mol. The van der Waals surface area contributed by atoms with Crippen LogP contribution in [0.25, 0.3) is 10.2 Å². The highest BCUT2D eigenvalue weighted by atomic mass is 32.1. The van der Waals surface area contributed by atoms with Gasteiger partial charge in [-0.2, -0.15) is 0 Å². The van der Waals surface area contributed by atoms with Crippen molar-refractivity contribution in [3.05, 3.63) is 48.3 Å². The van der Waals surface area contributed by atoms with Gasteiger partial charge in [0.1, 0.15) is 11.6 Å². The van der Waals surface area contributed by atoms with E-state index in [4.69, 9.17) is 4.74 Å². The van der Waals surface area contributed by atoms with Crippen LogP contribution < -0.4 is 9.64 Å². The van der Waals surface area contributed by atoms with E-state index in [9.17, 15) is 19.1 Å². The van der Waals surface area contributed by atoms with Crippen molar-refractivity contribution in [3.63, 3.8) is 0 Å². The van der Waals surface area contributed by atoms with Gasteiger partial charge in [0.05, 0.1) is 22.3 Å². The van der Waals surface area contributed by atoms with Gasteiger partial charge in [-0.25, -0.2) is 14.3 Å². The molecule has 0 aliphatic carbocycles. The quantitative estimate of drug-likeness (QED) is 0.758. The summed E-state index contributed by atoms with van der Waals surface area (Å²) in [4.78, 5) is 30.1. The maximum Gasteiger partial charge on any atom is 0.307 e. The van der Waals surface area contributed by atoms with Crippen molar-refractivity contribution in [3.8, 4) is 5.75 Å². The van der Waals surface area contributed by atoms with Gasteiger partial charge >= 0.3 is 5.97 Å². The zero-order valence-corrected chi connectivity index (χ0v) is 14.4. The third-order valence-electron chi connectivity index (χ3n) is 4.12. The first-order valence-corrected chi connectivity index (χ1v) is 8.59. The molecule has 1 aliphatic rings. The van der Waals surface area contributed by atoms with Crippen LogP contribution in [-0.2, 0) is 9.59 Å². The molecule has 0 spiro atoms. The first-order chi connectivity index (χ1) is 12.4. The topological polar surface area (TPSA) is 79.7 Å². The fourth-order valence-corrected chi connectivity index (χ4v) is 3.89. The smallest absolute Gasteiger partial charge is 0.307 e. The first-order valence-electron chi connectivity index (χ1n) is 7.78. The largest absolute Gasteiger partial charge is 0.481 e. The molecular formula is C18H13FN2O4S. The third kappa shape index (κ3) is 2.59. The molecule has 2 heterocycles. The number of anilines is 2. The number of aromatic nitrogens is 1. The summed E-state index contributed by atoms with van der Waals surface area (Å²) in [6, 6.07) is 11.1. The molecule has 6 nitrogen and oxygen atoms in total. The van der Waals surface area contributed by atoms with Crippen molar-refractivity contribution in [2.24, 2.45) is 0 Å². The van der Waals surface area contributed by atoms with Gasteiger partial charge in [-0.3, -0.25) is 9.59 Å². The fraction of sp³-hybridized carbons (Fsp3) is 0.167. The first kappa shape index (κ1) is 16.5. The number of aliphatic carboxylic acids is 1. The summed E-state index contributed by atoms with van der Waals surface area (Å²) in [6.07, 6.45) is -0.490. The standard InChI is InChI=1S/C18H13FN2O4S/c1-18(9-15(22)23)16(24)21(12-4-2-3-5-13(12)25-18)17-20-11-8-10(19)6-7-14(11)26-17/h2-8H,9H2,1H3,(H,22,23). The molecule has 0 radical (unpaired) electrons. The van der Waals surface area contributed by atoms with Crippen molar-refractivity contribution in [1.29, 1.82) is 0 Å². The third-order valence-corrected chi connectivity index (χ3v) is 5.14. The molecule has 1 unspecified atom stereocenters. The minimum absolute atomic E-state index is 0.336. The molecule has 4 rings (SSSR count). The summed E-state index contributed by atoms with van der Waals surface area (Å²) in [5.74, 6) is -1.70. The number of halogens is 1. The van der Waals surface area contributed by atoms with Gasteiger partial charge in [-0.05, 0) is 31.2 Å². The predicted octanol–water partition coefficient (Wildman–Crippen LogP) is 3.73. The highest BCUT2D eigenvalue weighted by molar-refractivity contribution is 7.22. The Labute approximate surface area is 151 Å². The Hall–Kier alpha value is -3.00. The van der Waals surface area contributed by atoms with Crippen LogP contribution in [0.3, 0.4) is 0 Å². The molecule has 1 aliphatic heterocycles. The lowest BCUT2D eigenvalue weighted by Gasteiger charge is -2.38. The highest BCUT2D eigenvalue weighted by Gasteiger charge is 2.47. The highest BCUT2D eigenvalue weighted by Crippen LogP contribution is 2.44. The number of fused-ring (bicyclic) bond motifs is 2.